The zero-order valence-electron chi connectivity index (χ0n) is 9.59. The van der Waals surface area contributed by atoms with Gasteiger partial charge in [-0.05, 0) is 23.8 Å². The normalized spacial score (nSPS) is 9.94. The molecule has 0 radical (unpaired) electrons. The number of hydrogen-bond donors (Lipinski definition) is 1. The number of nitrogens with two attached hydrogens (primary N) is 1. The fourth-order valence-corrected chi connectivity index (χ4v) is 1.36. The minimum absolute atomic E-state index is 0.473. The van der Waals surface area contributed by atoms with Crippen LogP contribution in [0.15, 0.2) is 42.6 Å². The van der Waals surface area contributed by atoms with Gasteiger partial charge >= 0.3 is 0 Å². The zero-order chi connectivity index (χ0) is 12.1. The quantitative estimate of drug-likeness (QED) is 0.875. The lowest BCUT2D eigenvalue weighted by atomic mass is 10.2. The molecular formula is C13H14N2O2. The largest absolute Gasteiger partial charge is 0.497 e. The van der Waals surface area contributed by atoms with Crippen LogP contribution in [-0.4, -0.2) is 12.1 Å². The summed E-state index contributed by atoms with van der Waals surface area (Å²) in [7, 11) is 1.64. The van der Waals surface area contributed by atoms with E-state index in [1.54, 1.807) is 25.4 Å². The number of nitrogens with zero attached hydrogens (tertiary/aromatic N) is 1. The van der Waals surface area contributed by atoms with Gasteiger partial charge < -0.3 is 15.2 Å². The van der Waals surface area contributed by atoms with Crippen LogP contribution in [-0.2, 0) is 6.61 Å². The Labute approximate surface area is 100 Å². The predicted octanol–water partition coefficient (Wildman–Crippen LogP) is 2.25. The van der Waals surface area contributed by atoms with Crippen molar-refractivity contribution in [1.82, 2.24) is 4.98 Å². The molecule has 2 N–H and O–H groups in total. The number of aromatic nitrogens is 1. The molecule has 0 spiro atoms. The van der Waals surface area contributed by atoms with E-state index in [0.717, 1.165) is 11.3 Å². The summed E-state index contributed by atoms with van der Waals surface area (Å²) >= 11 is 0. The van der Waals surface area contributed by atoms with Gasteiger partial charge in [-0.2, -0.15) is 0 Å². The lowest BCUT2D eigenvalue weighted by Crippen LogP contribution is -1.97. The average molecular weight is 230 g/mol. The van der Waals surface area contributed by atoms with Crippen LogP contribution < -0.4 is 15.2 Å². The SMILES string of the molecule is COc1ccc(COc2ccc(N)cn2)cc1. The van der Waals surface area contributed by atoms with E-state index >= 15 is 0 Å². The number of rotatable bonds is 4. The highest BCUT2D eigenvalue weighted by Crippen LogP contribution is 2.14. The van der Waals surface area contributed by atoms with Gasteiger partial charge in [-0.25, -0.2) is 4.98 Å². The number of hydrogen-bond acceptors (Lipinski definition) is 4. The van der Waals surface area contributed by atoms with Crippen molar-refractivity contribution in [3.63, 3.8) is 0 Å². The number of benzene rings is 1. The second kappa shape index (κ2) is 5.21. The molecule has 1 aromatic carbocycles. The van der Waals surface area contributed by atoms with Gasteiger partial charge in [-0.15, -0.1) is 0 Å². The van der Waals surface area contributed by atoms with E-state index in [2.05, 4.69) is 4.98 Å². The second-order valence-electron chi connectivity index (χ2n) is 3.57. The molecule has 0 unspecified atom stereocenters. The minimum Gasteiger partial charge on any atom is -0.497 e. The van der Waals surface area contributed by atoms with E-state index in [-0.39, 0.29) is 0 Å². The lowest BCUT2D eigenvalue weighted by molar-refractivity contribution is 0.294. The summed E-state index contributed by atoms with van der Waals surface area (Å²) in [5.41, 5.74) is 7.22. The van der Waals surface area contributed by atoms with Crippen LogP contribution in [0.5, 0.6) is 11.6 Å². The molecule has 0 fully saturated rings. The molecule has 2 aromatic rings. The first kappa shape index (κ1) is 11.3. The first-order chi connectivity index (χ1) is 8.28. The Hall–Kier alpha value is -2.23. The Morgan fingerprint density at radius 1 is 1.12 bits per heavy atom. The van der Waals surface area contributed by atoms with Crippen molar-refractivity contribution >= 4 is 5.69 Å². The van der Waals surface area contributed by atoms with Crippen LogP contribution in [0, 0.1) is 0 Å². The number of pyridine rings is 1. The van der Waals surface area contributed by atoms with Gasteiger partial charge in [0, 0.05) is 6.07 Å². The van der Waals surface area contributed by atoms with Crippen molar-refractivity contribution in [3.8, 4) is 11.6 Å². The van der Waals surface area contributed by atoms with Crippen molar-refractivity contribution in [3.05, 3.63) is 48.2 Å². The van der Waals surface area contributed by atoms with Crippen molar-refractivity contribution < 1.29 is 9.47 Å². The molecule has 2 rings (SSSR count). The summed E-state index contributed by atoms with van der Waals surface area (Å²) in [6.07, 6.45) is 1.57. The molecule has 1 aromatic heterocycles. The molecule has 88 valence electrons. The molecule has 1 heterocycles. The summed E-state index contributed by atoms with van der Waals surface area (Å²) in [6, 6.07) is 11.2. The van der Waals surface area contributed by atoms with Crippen molar-refractivity contribution in [2.24, 2.45) is 0 Å². The standard InChI is InChI=1S/C13H14N2O2/c1-16-12-5-2-10(3-6-12)9-17-13-7-4-11(14)8-15-13/h2-8H,9,14H2,1H3. The summed E-state index contributed by atoms with van der Waals surface area (Å²) in [5, 5.41) is 0. The highest BCUT2D eigenvalue weighted by Gasteiger charge is 1.97. The third-order valence-corrected chi connectivity index (χ3v) is 2.30. The number of methoxy groups -OCH3 is 1. The average Bonchev–Trinajstić information content (AvgIpc) is 2.39. The highest BCUT2D eigenvalue weighted by atomic mass is 16.5. The second-order valence-corrected chi connectivity index (χ2v) is 3.57. The molecule has 0 saturated carbocycles. The first-order valence-electron chi connectivity index (χ1n) is 5.25. The van der Waals surface area contributed by atoms with E-state index in [1.807, 2.05) is 24.3 Å². The minimum atomic E-state index is 0.473. The molecule has 4 nitrogen and oxygen atoms in total. The summed E-state index contributed by atoms with van der Waals surface area (Å²) in [5.74, 6) is 1.40. The van der Waals surface area contributed by atoms with Crippen LogP contribution >= 0.6 is 0 Å². The predicted molar refractivity (Wildman–Crippen MR) is 66.0 cm³/mol. The Kier molecular flexibility index (Phi) is 3.45. The van der Waals surface area contributed by atoms with Crippen LogP contribution in [0.1, 0.15) is 5.56 Å². The molecule has 0 aliphatic rings. The van der Waals surface area contributed by atoms with Gasteiger partial charge in [0.1, 0.15) is 12.4 Å². The Morgan fingerprint density at radius 2 is 1.88 bits per heavy atom. The molecule has 0 bridgehead atoms. The maximum absolute atomic E-state index is 5.53. The van der Waals surface area contributed by atoms with Crippen molar-refractivity contribution in [2.75, 3.05) is 12.8 Å². The number of anilines is 1. The number of ether oxygens (including phenoxy) is 2. The van der Waals surface area contributed by atoms with E-state index in [1.165, 1.54) is 0 Å². The number of nitrogen functional groups attached to an aromatic ring is 1. The van der Waals surface area contributed by atoms with E-state index in [4.69, 9.17) is 15.2 Å². The Morgan fingerprint density at radius 3 is 2.47 bits per heavy atom. The highest BCUT2D eigenvalue weighted by molar-refractivity contribution is 5.36. The summed E-state index contributed by atoms with van der Waals surface area (Å²) in [6.45, 7) is 0.473. The molecule has 0 aliphatic heterocycles. The van der Waals surface area contributed by atoms with Gasteiger partial charge in [0.15, 0.2) is 0 Å². The van der Waals surface area contributed by atoms with Gasteiger partial charge in [0.2, 0.25) is 5.88 Å². The lowest BCUT2D eigenvalue weighted by Gasteiger charge is -2.06. The Balaban J connectivity index is 1.95. The van der Waals surface area contributed by atoms with Crippen LogP contribution in [0.3, 0.4) is 0 Å². The fourth-order valence-electron chi connectivity index (χ4n) is 1.36. The summed E-state index contributed by atoms with van der Waals surface area (Å²) < 4.78 is 10.6. The molecule has 0 amide bonds. The zero-order valence-corrected chi connectivity index (χ0v) is 9.59. The monoisotopic (exact) mass is 230 g/mol. The summed E-state index contributed by atoms with van der Waals surface area (Å²) in [4.78, 5) is 4.06. The topological polar surface area (TPSA) is 57.4 Å². The van der Waals surface area contributed by atoms with E-state index < -0.39 is 0 Å². The Bertz CT molecular complexity index is 466. The van der Waals surface area contributed by atoms with Gasteiger partial charge in [-0.3, -0.25) is 0 Å². The molecule has 0 saturated heterocycles. The van der Waals surface area contributed by atoms with Crippen LogP contribution in [0.25, 0.3) is 0 Å². The molecule has 0 aliphatic carbocycles. The van der Waals surface area contributed by atoms with Gasteiger partial charge in [0.05, 0.1) is 19.0 Å². The molecule has 17 heavy (non-hydrogen) atoms. The van der Waals surface area contributed by atoms with Crippen molar-refractivity contribution in [1.29, 1.82) is 0 Å². The van der Waals surface area contributed by atoms with E-state index in [9.17, 15) is 0 Å². The smallest absolute Gasteiger partial charge is 0.213 e. The first-order valence-corrected chi connectivity index (χ1v) is 5.25. The molecular weight excluding hydrogens is 216 g/mol. The van der Waals surface area contributed by atoms with Crippen molar-refractivity contribution in [2.45, 2.75) is 6.61 Å². The molecule has 4 heteroatoms. The maximum atomic E-state index is 5.53. The van der Waals surface area contributed by atoms with Gasteiger partial charge in [-0.1, -0.05) is 12.1 Å². The maximum Gasteiger partial charge on any atom is 0.213 e. The van der Waals surface area contributed by atoms with E-state index in [0.29, 0.717) is 18.2 Å². The van der Waals surface area contributed by atoms with Crippen LogP contribution in [0.2, 0.25) is 0 Å². The van der Waals surface area contributed by atoms with Crippen LogP contribution in [0.4, 0.5) is 5.69 Å². The van der Waals surface area contributed by atoms with Gasteiger partial charge in [0.25, 0.3) is 0 Å². The molecule has 0 atom stereocenters. The third kappa shape index (κ3) is 3.11. The third-order valence-electron chi connectivity index (χ3n) is 2.30. The fraction of sp³-hybridized carbons (Fsp3) is 0.154.